The monoisotopic (exact) mass is 284 g/mol. The number of carboxylic acids is 1. The Morgan fingerprint density at radius 2 is 1.90 bits per heavy atom. The summed E-state index contributed by atoms with van der Waals surface area (Å²) in [6, 6.07) is 11.3. The van der Waals surface area contributed by atoms with Gasteiger partial charge in [0.15, 0.2) is 0 Å². The van der Waals surface area contributed by atoms with Crippen molar-refractivity contribution >= 4 is 11.7 Å². The van der Waals surface area contributed by atoms with Gasteiger partial charge in [0.1, 0.15) is 0 Å². The Morgan fingerprint density at radius 3 is 2.52 bits per heavy atom. The number of hydrogen-bond donors (Lipinski definition) is 1. The number of nitrogens with zero attached hydrogens (tertiary/aromatic N) is 2. The maximum absolute atomic E-state index is 11.5. The molecule has 2 aromatic rings. The minimum atomic E-state index is -0.899. The summed E-state index contributed by atoms with van der Waals surface area (Å²) in [6.07, 6.45) is 0. The van der Waals surface area contributed by atoms with Crippen LogP contribution < -0.4 is 4.90 Å². The van der Waals surface area contributed by atoms with Crippen LogP contribution in [0.15, 0.2) is 36.4 Å². The van der Waals surface area contributed by atoms with Crippen molar-refractivity contribution in [1.29, 1.82) is 0 Å². The Hall–Kier alpha value is -2.36. The molecule has 0 spiro atoms. The Kier molecular flexibility index (Phi) is 4.58. The van der Waals surface area contributed by atoms with Gasteiger partial charge in [0.05, 0.1) is 23.5 Å². The van der Waals surface area contributed by atoms with E-state index in [1.807, 2.05) is 45.0 Å². The van der Waals surface area contributed by atoms with Gasteiger partial charge in [-0.3, -0.25) is 4.98 Å². The van der Waals surface area contributed by atoms with Crippen LogP contribution in [-0.4, -0.2) is 22.6 Å². The molecule has 4 heteroatoms. The van der Waals surface area contributed by atoms with Crippen LogP contribution in [0.3, 0.4) is 0 Å². The van der Waals surface area contributed by atoms with Crippen LogP contribution in [0.25, 0.3) is 0 Å². The smallest absolute Gasteiger partial charge is 0.337 e. The van der Waals surface area contributed by atoms with Crippen molar-refractivity contribution in [3.05, 3.63) is 58.9 Å². The molecule has 0 radical (unpaired) electrons. The third-order valence-electron chi connectivity index (χ3n) is 3.46. The second kappa shape index (κ2) is 6.39. The number of rotatable bonds is 5. The molecule has 0 fully saturated rings. The molecule has 1 heterocycles. The highest BCUT2D eigenvalue weighted by Gasteiger charge is 2.17. The van der Waals surface area contributed by atoms with E-state index in [4.69, 9.17) is 0 Å². The molecule has 0 bridgehead atoms. The molecule has 0 amide bonds. The molecule has 0 aliphatic heterocycles. The molecule has 0 saturated heterocycles. The van der Waals surface area contributed by atoms with Gasteiger partial charge >= 0.3 is 5.97 Å². The standard InChI is InChI=1S/C17H20N2O2/c1-4-19(11-14-9-6-8-13(3)18-14)16-12(2)7-5-10-15(16)17(20)21/h5-10H,4,11H2,1-3H3,(H,20,21). The number of benzene rings is 1. The van der Waals surface area contributed by atoms with E-state index in [9.17, 15) is 9.90 Å². The number of aromatic carboxylic acids is 1. The Bertz CT molecular complexity index is 653. The van der Waals surface area contributed by atoms with Crippen molar-refractivity contribution in [2.75, 3.05) is 11.4 Å². The van der Waals surface area contributed by atoms with Crippen molar-refractivity contribution < 1.29 is 9.90 Å². The van der Waals surface area contributed by atoms with Crippen LogP contribution in [0.1, 0.15) is 34.2 Å². The van der Waals surface area contributed by atoms with Gasteiger partial charge in [-0.25, -0.2) is 4.79 Å². The highest BCUT2D eigenvalue weighted by Crippen LogP contribution is 2.26. The summed E-state index contributed by atoms with van der Waals surface area (Å²) in [4.78, 5) is 18.0. The van der Waals surface area contributed by atoms with Crippen LogP contribution in [-0.2, 0) is 6.54 Å². The molecule has 0 aliphatic carbocycles. The summed E-state index contributed by atoms with van der Waals surface area (Å²) in [7, 11) is 0. The van der Waals surface area contributed by atoms with Gasteiger partial charge < -0.3 is 10.0 Å². The van der Waals surface area contributed by atoms with E-state index >= 15 is 0 Å². The Balaban J connectivity index is 2.40. The van der Waals surface area contributed by atoms with Gasteiger partial charge in [0, 0.05) is 12.2 Å². The molecule has 0 unspecified atom stereocenters. The number of para-hydroxylation sites is 1. The zero-order chi connectivity index (χ0) is 15.4. The minimum absolute atomic E-state index is 0.338. The van der Waals surface area contributed by atoms with Gasteiger partial charge in [-0.2, -0.15) is 0 Å². The fourth-order valence-electron chi connectivity index (χ4n) is 2.48. The molecule has 0 saturated carbocycles. The highest BCUT2D eigenvalue weighted by molar-refractivity contribution is 5.95. The Labute approximate surface area is 125 Å². The van der Waals surface area contributed by atoms with E-state index in [1.54, 1.807) is 12.1 Å². The van der Waals surface area contributed by atoms with Crippen molar-refractivity contribution in [3.63, 3.8) is 0 Å². The predicted molar refractivity (Wildman–Crippen MR) is 83.8 cm³/mol. The number of carboxylic acid groups (broad SMARTS) is 1. The lowest BCUT2D eigenvalue weighted by Crippen LogP contribution is -2.25. The average molecular weight is 284 g/mol. The quantitative estimate of drug-likeness (QED) is 0.914. The maximum Gasteiger partial charge on any atom is 0.337 e. The van der Waals surface area contributed by atoms with Crippen LogP contribution >= 0.6 is 0 Å². The summed E-state index contributed by atoms with van der Waals surface area (Å²) in [5.74, 6) is -0.899. The summed E-state index contributed by atoms with van der Waals surface area (Å²) in [6.45, 7) is 7.24. The third kappa shape index (κ3) is 3.40. The molecular formula is C17H20N2O2. The SMILES string of the molecule is CCN(Cc1cccc(C)n1)c1c(C)cccc1C(=O)O. The molecule has 0 atom stereocenters. The zero-order valence-electron chi connectivity index (χ0n) is 12.6. The number of anilines is 1. The van der Waals surface area contributed by atoms with Gasteiger partial charge in [0.25, 0.3) is 0 Å². The van der Waals surface area contributed by atoms with E-state index in [1.165, 1.54) is 0 Å². The van der Waals surface area contributed by atoms with Gasteiger partial charge in [0.2, 0.25) is 0 Å². The van der Waals surface area contributed by atoms with E-state index in [2.05, 4.69) is 9.88 Å². The molecule has 1 aromatic carbocycles. The largest absolute Gasteiger partial charge is 0.478 e. The normalized spacial score (nSPS) is 10.4. The predicted octanol–water partition coefficient (Wildman–Crippen LogP) is 3.42. The summed E-state index contributed by atoms with van der Waals surface area (Å²) >= 11 is 0. The maximum atomic E-state index is 11.5. The molecule has 2 rings (SSSR count). The molecule has 110 valence electrons. The van der Waals surface area contributed by atoms with Gasteiger partial charge in [-0.1, -0.05) is 18.2 Å². The molecule has 1 N–H and O–H groups in total. The topological polar surface area (TPSA) is 53.4 Å². The van der Waals surface area contributed by atoms with Crippen molar-refractivity contribution in [3.8, 4) is 0 Å². The van der Waals surface area contributed by atoms with Crippen molar-refractivity contribution in [2.45, 2.75) is 27.3 Å². The van der Waals surface area contributed by atoms with Crippen LogP contribution in [0.2, 0.25) is 0 Å². The molecule has 21 heavy (non-hydrogen) atoms. The third-order valence-corrected chi connectivity index (χ3v) is 3.46. The molecule has 1 aromatic heterocycles. The first kappa shape index (κ1) is 15.0. The van der Waals surface area contributed by atoms with E-state index in [0.29, 0.717) is 12.1 Å². The number of pyridine rings is 1. The van der Waals surface area contributed by atoms with E-state index in [0.717, 1.165) is 29.2 Å². The average Bonchev–Trinajstić information content (AvgIpc) is 2.45. The number of aryl methyl sites for hydroxylation is 2. The first-order chi connectivity index (χ1) is 10.0. The van der Waals surface area contributed by atoms with Crippen molar-refractivity contribution in [1.82, 2.24) is 4.98 Å². The lowest BCUT2D eigenvalue weighted by molar-refractivity contribution is 0.0697. The number of aromatic nitrogens is 1. The van der Waals surface area contributed by atoms with Crippen molar-refractivity contribution in [2.24, 2.45) is 0 Å². The van der Waals surface area contributed by atoms with Gasteiger partial charge in [-0.05, 0) is 44.5 Å². The molecule has 0 aliphatic rings. The highest BCUT2D eigenvalue weighted by atomic mass is 16.4. The lowest BCUT2D eigenvalue weighted by atomic mass is 10.1. The number of hydrogen-bond acceptors (Lipinski definition) is 3. The lowest BCUT2D eigenvalue weighted by Gasteiger charge is -2.26. The molecular weight excluding hydrogens is 264 g/mol. The second-order valence-corrected chi connectivity index (χ2v) is 5.06. The summed E-state index contributed by atoms with van der Waals surface area (Å²) < 4.78 is 0. The van der Waals surface area contributed by atoms with Crippen LogP contribution in [0.5, 0.6) is 0 Å². The second-order valence-electron chi connectivity index (χ2n) is 5.06. The molecule has 4 nitrogen and oxygen atoms in total. The first-order valence-corrected chi connectivity index (χ1v) is 7.03. The van der Waals surface area contributed by atoms with Crippen LogP contribution in [0.4, 0.5) is 5.69 Å². The van der Waals surface area contributed by atoms with Gasteiger partial charge in [-0.15, -0.1) is 0 Å². The Morgan fingerprint density at radius 1 is 1.19 bits per heavy atom. The summed E-state index contributed by atoms with van der Waals surface area (Å²) in [5, 5.41) is 9.40. The zero-order valence-corrected chi connectivity index (χ0v) is 12.6. The van der Waals surface area contributed by atoms with Crippen LogP contribution in [0, 0.1) is 13.8 Å². The first-order valence-electron chi connectivity index (χ1n) is 7.03. The van der Waals surface area contributed by atoms with E-state index < -0.39 is 5.97 Å². The van der Waals surface area contributed by atoms with E-state index in [-0.39, 0.29) is 0 Å². The number of carbonyl (C=O) groups is 1. The summed E-state index contributed by atoms with van der Waals surface area (Å²) in [5.41, 5.74) is 3.98. The minimum Gasteiger partial charge on any atom is -0.478 e. The fraction of sp³-hybridized carbons (Fsp3) is 0.294. The fourth-order valence-corrected chi connectivity index (χ4v) is 2.48.